The maximum atomic E-state index is 12.5. The van der Waals surface area contributed by atoms with Crippen molar-refractivity contribution in [2.75, 3.05) is 19.6 Å². The summed E-state index contributed by atoms with van der Waals surface area (Å²) in [6.45, 7) is 0.644. The van der Waals surface area contributed by atoms with Gasteiger partial charge in [-0.3, -0.25) is 4.79 Å². The van der Waals surface area contributed by atoms with Crippen LogP contribution in [0.25, 0.3) is 0 Å². The average Bonchev–Trinajstić information content (AvgIpc) is 2.25. The molecule has 0 aromatic carbocycles. The molecule has 1 unspecified atom stereocenters. The fraction of sp³-hybridized carbons (Fsp3) is 0.900. The number of piperidine rings is 1. The summed E-state index contributed by atoms with van der Waals surface area (Å²) in [6.07, 6.45) is -2.84. The summed E-state index contributed by atoms with van der Waals surface area (Å²) in [5.74, 6) is -1.57. The molecule has 0 bridgehead atoms. The molecule has 1 aliphatic heterocycles. The van der Waals surface area contributed by atoms with Gasteiger partial charge < -0.3 is 10.6 Å². The number of halogens is 4. The molecule has 1 rings (SSSR count). The van der Waals surface area contributed by atoms with Crippen LogP contribution in [-0.4, -0.2) is 36.6 Å². The molecule has 1 heterocycles. The van der Waals surface area contributed by atoms with Crippen molar-refractivity contribution in [2.45, 2.75) is 31.9 Å². The maximum Gasteiger partial charge on any atom is 0.393 e. The largest absolute Gasteiger partial charge is 0.393 e. The minimum atomic E-state index is -4.19. The van der Waals surface area contributed by atoms with E-state index >= 15 is 0 Å². The normalized spacial score (nSPS) is 20.9. The van der Waals surface area contributed by atoms with Crippen molar-refractivity contribution >= 4 is 18.3 Å². The maximum absolute atomic E-state index is 12.5. The van der Waals surface area contributed by atoms with E-state index in [2.05, 4.69) is 0 Å². The molecule has 1 aliphatic rings. The SMILES string of the molecule is Cl.NCCCC(=O)N1CCCC(C(F)(F)F)C1. The second-order valence-corrected chi connectivity index (χ2v) is 4.11. The van der Waals surface area contributed by atoms with Crippen LogP contribution in [-0.2, 0) is 4.79 Å². The van der Waals surface area contributed by atoms with Crippen LogP contribution in [0.5, 0.6) is 0 Å². The summed E-state index contributed by atoms with van der Waals surface area (Å²) in [6, 6.07) is 0. The highest BCUT2D eigenvalue weighted by Gasteiger charge is 2.42. The third-order valence-electron chi connectivity index (χ3n) is 2.83. The third kappa shape index (κ3) is 5.12. The summed E-state index contributed by atoms with van der Waals surface area (Å²) in [5, 5.41) is 0. The number of rotatable bonds is 3. The molecular weight excluding hydrogens is 257 g/mol. The Hall–Kier alpha value is -0.490. The molecule has 1 fully saturated rings. The van der Waals surface area contributed by atoms with Crippen molar-refractivity contribution in [1.82, 2.24) is 4.90 Å². The smallest absolute Gasteiger partial charge is 0.342 e. The number of carbonyl (C=O) groups is 1. The number of hydrogen-bond donors (Lipinski definition) is 1. The van der Waals surface area contributed by atoms with Gasteiger partial charge in [-0.25, -0.2) is 0 Å². The summed E-state index contributed by atoms with van der Waals surface area (Å²) in [7, 11) is 0. The first kappa shape index (κ1) is 16.5. The number of nitrogens with zero attached hydrogens (tertiary/aromatic N) is 1. The van der Waals surface area contributed by atoms with E-state index in [9.17, 15) is 18.0 Å². The van der Waals surface area contributed by atoms with E-state index in [-0.39, 0.29) is 37.7 Å². The number of carbonyl (C=O) groups excluding carboxylic acids is 1. The summed E-state index contributed by atoms with van der Waals surface area (Å²) in [5.41, 5.74) is 5.25. The fourth-order valence-corrected chi connectivity index (χ4v) is 1.88. The van der Waals surface area contributed by atoms with E-state index in [1.54, 1.807) is 0 Å². The molecule has 0 aromatic heterocycles. The molecule has 1 atom stereocenters. The fourth-order valence-electron chi connectivity index (χ4n) is 1.88. The van der Waals surface area contributed by atoms with Gasteiger partial charge in [-0.1, -0.05) is 0 Å². The topological polar surface area (TPSA) is 46.3 Å². The summed E-state index contributed by atoms with van der Waals surface area (Å²) >= 11 is 0. The Labute approximate surface area is 105 Å². The van der Waals surface area contributed by atoms with Crippen LogP contribution in [0.4, 0.5) is 13.2 Å². The predicted octanol–water partition coefficient (Wildman–Crippen LogP) is 1.95. The molecule has 0 spiro atoms. The average molecular weight is 275 g/mol. The molecule has 0 aliphatic carbocycles. The van der Waals surface area contributed by atoms with Gasteiger partial charge in [-0.15, -0.1) is 12.4 Å². The Morgan fingerprint density at radius 1 is 1.41 bits per heavy atom. The first-order valence-electron chi connectivity index (χ1n) is 5.49. The van der Waals surface area contributed by atoms with Crippen LogP contribution in [0.2, 0.25) is 0 Å². The zero-order valence-electron chi connectivity index (χ0n) is 9.50. The standard InChI is InChI=1S/C10H17F3N2O.ClH/c11-10(12,13)8-3-2-6-15(7-8)9(16)4-1-5-14;/h8H,1-7,14H2;1H. The summed E-state index contributed by atoms with van der Waals surface area (Å²) in [4.78, 5) is 12.8. The van der Waals surface area contributed by atoms with Gasteiger partial charge in [0.1, 0.15) is 0 Å². The van der Waals surface area contributed by atoms with Gasteiger partial charge in [-0.05, 0) is 25.8 Å². The number of nitrogens with two attached hydrogens (primary N) is 1. The van der Waals surface area contributed by atoms with Crippen LogP contribution in [0.15, 0.2) is 0 Å². The van der Waals surface area contributed by atoms with Gasteiger partial charge in [-0.2, -0.15) is 13.2 Å². The molecule has 0 aromatic rings. The van der Waals surface area contributed by atoms with Crippen molar-refractivity contribution < 1.29 is 18.0 Å². The highest BCUT2D eigenvalue weighted by atomic mass is 35.5. The van der Waals surface area contributed by atoms with E-state index in [0.29, 0.717) is 25.9 Å². The number of hydrogen-bond acceptors (Lipinski definition) is 2. The van der Waals surface area contributed by atoms with Gasteiger partial charge in [0.05, 0.1) is 5.92 Å². The molecule has 0 saturated carbocycles. The van der Waals surface area contributed by atoms with Crippen LogP contribution in [0.3, 0.4) is 0 Å². The number of alkyl halides is 3. The van der Waals surface area contributed by atoms with E-state index < -0.39 is 12.1 Å². The van der Waals surface area contributed by atoms with Crippen molar-refractivity contribution in [2.24, 2.45) is 11.7 Å². The lowest BCUT2D eigenvalue weighted by Gasteiger charge is -2.33. The lowest BCUT2D eigenvalue weighted by molar-refractivity contribution is -0.188. The molecule has 1 saturated heterocycles. The number of likely N-dealkylation sites (tertiary alicyclic amines) is 1. The predicted molar refractivity (Wildman–Crippen MR) is 60.9 cm³/mol. The molecule has 2 N–H and O–H groups in total. The molecular formula is C10H18ClF3N2O. The highest BCUT2D eigenvalue weighted by Crippen LogP contribution is 2.33. The highest BCUT2D eigenvalue weighted by molar-refractivity contribution is 5.85. The zero-order chi connectivity index (χ0) is 12.2. The van der Waals surface area contributed by atoms with Gasteiger partial charge >= 0.3 is 6.18 Å². The quantitative estimate of drug-likeness (QED) is 0.855. The first-order chi connectivity index (χ1) is 7.45. The van der Waals surface area contributed by atoms with E-state index in [4.69, 9.17) is 5.73 Å². The molecule has 0 radical (unpaired) electrons. The second kappa shape index (κ2) is 7.06. The van der Waals surface area contributed by atoms with Crippen molar-refractivity contribution in [3.8, 4) is 0 Å². The van der Waals surface area contributed by atoms with Crippen molar-refractivity contribution in [3.63, 3.8) is 0 Å². The van der Waals surface area contributed by atoms with Gasteiger partial charge in [0.15, 0.2) is 0 Å². The monoisotopic (exact) mass is 274 g/mol. The van der Waals surface area contributed by atoms with Gasteiger partial charge in [0.25, 0.3) is 0 Å². The van der Waals surface area contributed by atoms with Crippen molar-refractivity contribution in [1.29, 1.82) is 0 Å². The van der Waals surface area contributed by atoms with Crippen molar-refractivity contribution in [3.05, 3.63) is 0 Å². The zero-order valence-corrected chi connectivity index (χ0v) is 10.3. The lowest BCUT2D eigenvalue weighted by atomic mass is 9.97. The van der Waals surface area contributed by atoms with Crippen LogP contribution in [0.1, 0.15) is 25.7 Å². The van der Waals surface area contributed by atoms with Crippen LogP contribution in [0, 0.1) is 5.92 Å². The first-order valence-corrected chi connectivity index (χ1v) is 5.49. The third-order valence-corrected chi connectivity index (χ3v) is 2.83. The molecule has 3 nitrogen and oxygen atoms in total. The molecule has 102 valence electrons. The Kier molecular flexibility index (Phi) is 6.85. The van der Waals surface area contributed by atoms with E-state index in [1.807, 2.05) is 0 Å². The molecule has 7 heteroatoms. The minimum absolute atomic E-state index is 0. The van der Waals surface area contributed by atoms with Gasteiger partial charge in [0, 0.05) is 19.5 Å². The van der Waals surface area contributed by atoms with E-state index in [1.165, 1.54) is 4.90 Å². The lowest BCUT2D eigenvalue weighted by Crippen LogP contribution is -2.44. The minimum Gasteiger partial charge on any atom is -0.342 e. The molecule has 1 amide bonds. The number of amides is 1. The van der Waals surface area contributed by atoms with Crippen LogP contribution >= 0.6 is 12.4 Å². The van der Waals surface area contributed by atoms with E-state index in [0.717, 1.165) is 0 Å². The van der Waals surface area contributed by atoms with Gasteiger partial charge in [0.2, 0.25) is 5.91 Å². The Balaban J connectivity index is 0.00000256. The summed E-state index contributed by atoms with van der Waals surface area (Å²) < 4.78 is 37.4. The van der Waals surface area contributed by atoms with Crippen LogP contribution < -0.4 is 5.73 Å². The Morgan fingerprint density at radius 3 is 2.59 bits per heavy atom. The molecule has 17 heavy (non-hydrogen) atoms. The second-order valence-electron chi connectivity index (χ2n) is 4.11. The Morgan fingerprint density at radius 2 is 2.06 bits per heavy atom. The Bertz CT molecular complexity index is 248.